The third-order valence-electron chi connectivity index (χ3n) is 6.68. The Morgan fingerprint density at radius 2 is 1.72 bits per heavy atom. The number of sulfone groups is 1. The second kappa shape index (κ2) is 11.4. The first-order valence-electron chi connectivity index (χ1n) is 13.1. The number of rotatable bonds is 10. The standard InChI is InChI=1S/C30H24N4O8S/c1-39-20-14-12-19(13-15-20)26-27-23(22-10-5-6-11-24(22)31-27)18-25(32-26)30(35)41-17-7-16-40-28-29(34(36)42-33-28)43(37,38)21-8-3-2-4-9-21/h2-6,8-15,18,31H,7,16-17H2,1H3. The number of carbonyl (C=O) groups excluding carboxylic acids is 1. The first-order chi connectivity index (χ1) is 20.9. The van der Waals surface area contributed by atoms with Crippen LogP contribution in [0.25, 0.3) is 33.1 Å². The van der Waals surface area contributed by atoms with E-state index in [0.717, 1.165) is 27.4 Å². The highest BCUT2D eigenvalue weighted by Gasteiger charge is 2.35. The monoisotopic (exact) mass is 600 g/mol. The molecular weight excluding hydrogens is 576 g/mol. The van der Waals surface area contributed by atoms with E-state index < -0.39 is 26.7 Å². The fourth-order valence-corrected chi connectivity index (χ4v) is 5.91. The van der Waals surface area contributed by atoms with Crippen LogP contribution in [0.1, 0.15) is 16.9 Å². The SMILES string of the molecule is COc1ccc(-c2nc(C(=O)OCCCOc3no[n+]([O-])c3S(=O)(=O)c3ccccc3)cc3c2[nH]c2ccccc23)cc1. The zero-order chi connectivity index (χ0) is 30.0. The number of H-pyrrole nitrogens is 1. The number of ether oxygens (including phenoxy) is 3. The Morgan fingerprint density at radius 3 is 2.49 bits per heavy atom. The van der Waals surface area contributed by atoms with Crippen LogP contribution in [0.15, 0.2) is 99.5 Å². The Kier molecular flexibility index (Phi) is 7.38. The zero-order valence-electron chi connectivity index (χ0n) is 22.7. The predicted molar refractivity (Wildman–Crippen MR) is 153 cm³/mol. The molecule has 0 amide bonds. The minimum absolute atomic E-state index is 0.0691. The Bertz CT molecular complexity index is 2040. The van der Waals surface area contributed by atoms with Crippen LogP contribution in [-0.4, -0.2) is 49.8 Å². The van der Waals surface area contributed by atoms with Gasteiger partial charge in [0.25, 0.3) is 9.84 Å². The largest absolute Gasteiger partial charge is 0.497 e. The lowest BCUT2D eigenvalue weighted by Gasteiger charge is -2.09. The van der Waals surface area contributed by atoms with Gasteiger partial charge in [-0.05, 0) is 53.4 Å². The number of pyridine rings is 1. The van der Waals surface area contributed by atoms with Crippen molar-refractivity contribution in [3.63, 3.8) is 0 Å². The molecule has 3 aromatic heterocycles. The highest BCUT2D eigenvalue weighted by molar-refractivity contribution is 7.91. The van der Waals surface area contributed by atoms with Gasteiger partial charge in [-0.2, -0.15) is 0 Å². The molecule has 6 rings (SSSR count). The minimum atomic E-state index is -4.24. The van der Waals surface area contributed by atoms with Gasteiger partial charge >= 0.3 is 16.9 Å². The van der Waals surface area contributed by atoms with Crippen LogP contribution >= 0.6 is 0 Å². The van der Waals surface area contributed by atoms with Gasteiger partial charge in [0.2, 0.25) is 0 Å². The van der Waals surface area contributed by atoms with E-state index in [1.807, 2.05) is 48.5 Å². The maximum atomic E-state index is 13.1. The minimum Gasteiger partial charge on any atom is -0.497 e. The molecule has 0 aliphatic carbocycles. The van der Waals surface area contributed by atoms with E-state index >= 15 is 0 Å². The van der Waals surface area contributed by atoms with Gasteiger partial charge in [0.15, 0.2) is 0 Å². The van der Waals surface area contributed by atoms with Crippen molar-refractivity contribution in [2.24, 2.45) is 0 Å². The molecule has 1 N–H and O–H groups in total. The van der Waals surface area contributed by atoms with E-state index in [1.165, 1.54) is 24.3 Å². The summed E-state index contributed by atoms with van der Waals surface area (Å²) in [4.78, 5) is 20.8. The van der Waals surface area contributed by atoms with E-state index in [4.69, 9.17) is 14.2 Å². The second-order valence-corrected chi connectivity index (χ2v) is 11.2. The second-order valence-electron chi connectivity index (χ2n) is 9.37. The van der Waals surface area contributed by atoms with Gasteiger partial charge in [-0.25, -0.2) is 18.2 Å². The third kappa shape index (κ3) is 5.33. The molecule has 0 radical (unpaired) electrons. The summed E-state index contributed by atoms with van der Waals surface area (Å²) in [6, 6.07) is 24.2. The molecule has 3 heterocycles. The number of benzene rings is 3. The molecule has 0 aliphatic rings. The summed E-state index contributed by atoms with van der Waals surface area (Å²) in [6.45, 7) is -0.177. The van der Waals surface area contributed by atoms with Crippen LogP contribution < -0.4 is 14.4 Å². The van der Waals surface area contributed by atoms with Crippen LogP contribution in [0.5, 0.6) is 11.6 Å². The normalized spacial score (nSPS) is 11.6. The van der Waals surface area contributed by atoms with Crippen molar-refractivity contribution < 1.29 is 37.0 Å². The summed E-state index contributed by atoms with van der Waals surface area (Å²) in [5, 5.41) is 16.5. The van der Waals surface area contributed by atoms with Gasteiger partial charge in [-0.15, -0.1) is 0 Å². The van der Waals surface area contributed by atoms with Crippen molar-refractivity contribution in [1.82, 2.24) is 15.1 Å². The van der Waals surface area contributed by atoms with Crippen molar-refractivity contribution in [1.29, 1.82) is 0 Å². The molecule has 12 nitrogen and oxygen atoms in total. The summed E-state index contributed by atoms with van der Waals surface area (Å²) in [5.41, 5.74) is 3.16. The molecule has 0 bridgehead atoms. The van der Waals surface area contributed by atoms with E-state index in [9.17, 15) is 18.4 Å². The van der Waals surface area contributed by atoms with Gasteiger partial charge in [0.05, 0.1) is 41.6 Å². The maximum Gasteiger partial charge on any atom is 0.414 e. The molecule has 6 aromatic rings. The number of nitrogens with zero attached hydrogens (tertiary/aromatic N) is 3. The fourth-order valence-electron chi connectivity index (χ4n) is 4.62. The number of para-hydroxylation sites is 1. The molecule has 0 saturated heterocycles. The van der Waals surface area contributed by atoms with Crippen LogP contribution in [0.3, 0.4) is 0 Å². The number of nitrogens with one attached hydrogen (secondary N) is 1. The van der Waals surface area contributed by atoms with Crippen molar-refractivity contribution in [2.45, 2.75) is 16.3 Å². The van der Waals surface area contributed by atoms with E-state index in [2.05, 4.69) is 19.8 Å². The topological polar surface area (TPSA) is 161 Å². The molecule has 0 unspecified atom stereocenters. The van der Waals surface area contributed by atoms with Gasteiger partial charge in [-0.3, -0.25) is 4.63 Å². The molecule has 0 aliphatic heterocycles. The Balaban J connectivity index is 1.17. The Morgan fingerprint density at radius 1 is 0.977 bits per heavy atom. The zero-order valence-corrected chi connectivity index (χ0v) is 23.5. The van der Waals surface area contributed by atoms with Crippen LogP contribution in [0.4, 0.5) is 0 Å². The summed E-state index contributed by atoms with van der Waals surface area (Å²) < 4.78 is 46.4. The summed E-state index contributed by atoms with van der Waals surface area (Å²) in [5.74, 6) is -0.441. The first-order valence-corrected chi connectivity index (χ1v) is 14.6. The van der Waals surface area contributed by atoms with Crippen molar-refractivity contribution in [2.75, 3.05) is 20.3 Å². The molecular formula is C30H24N4O8S. The quantitative estimate of drug-likeness (QED) is 0.135. The number of hydrogen-bond acceptors (Lipinski definition) is 10. The van der Waals surface area contributed by atoms with Crippen molar-refractivity contribution >= 4 is 37.6 Å². The van der Waals surface area contributed by atoms with Crippen molar-refractivity contribution in [3.05, 3.63) is 95.8 Å². The third-order valence-corrected chi connectivity index (χ3v) is 8.41. The van der Waals surface area contributed by atoms with Gasteiger partial charge in [0, 0.05) is 28.3 Å². The molecule has 0 fully saturated rings. The van der Waals surface area contributed by atoms with Gasteiger partial charge in [0.1, 0.15) is 11.4 Å². The average molecular weight is 601 g/mol. The Hall–Kier alpha value is -5.43. The van der Waals surface area contributed by atoms with Crippen LogP contribution in [0, 0.1) is 5.21 Å². The lowest BCUT2D eigenvalue weighted by molar-refractivity contribution is -0.832. The van der Waals surface area contributed by atoms with Gasteiger partial charge in [-0.1, -0.05) is 36.4 Å². The predicted octanol–water partition coefficient (Wildman–Crippen LogP) is 4.47. The van der Waals surface area contributed by atoms with E-state index in [0.29, 0.717) is 11.4 Å². The molecule has 3 aromatic carbocycles. The van der Waals surface area contributed by atoms with Gasteiger partial charge < -0.3 is 24.4 Å². The molecule has 0 atom stereocenters. The Labute approximate surface area is 244 Å². The lowest BCUT2D eigenvalue weighted by Crippen LogP contribution is -2.31. The highest BCUT2D eigenvalue weighted by Crippen LogP contribution is 2.33. The summed E-state index contributed by atoms with van der Waals surface area (Å²) in [7, 11) is -2.66. The molecule has 43 heavy (non-hydrogen) atoms. The highest BCUT2D eigenvalue weighted by atomic mass is 32.2. The molecule has 13 heteroatoms. The average Bonchev–Trinajstić information content (AvgIpc) is 3.61. The number of aromatic amines is 1. The van der Waals surface area contributed by atoms with Crippen LogP contribution in [0.2, 0.25) is 0 Å². The van der Waals surface area contributed by atoms with Crippen molar-refractivity contribution in [3.8, 4) is 22.9 Å². The number of methoxy groups -OCH3 is 1. The molecule has 0 spiro atoms. The number of aromatic nitrogens is 4. The number of carbonyl (C=O) groups is 1. The van der Waals surface area contributed by atoms with E-state index in [1.54, 1.807) is 19.2 Å². The smallest absolute Gasteiger partial charge is 0.414 e. The first kappa shape index (κ1) is 27.7. The lowest BCUT2D eigenvalue weighted by atomic mass is 10.1. The number of hydrogen-bond donors (Lipinski definition) is 1. The van der Waals surface area contributed by atoms with Crippen LogP contribution in [-0.2, 0) is 14.6 Å². The molecule has 218 valence electrons. The fraction of sp³-hybridized carbons (Fsp3) is 0.133. The molecule has 0 saturated carbocycles. The number of esters is 1. The van der Waals surface area contributed by atoms with E-state index in [-0.39, 0.29) is 35.1 Å². The maximum absolute atomic E-state index is 13.1. The summed E-state index contributed by atoms with van der Waals surface area (Å²) in [6.07, 6.45) is 0.170. The summed E-state index contributed by atoms with van der Waals surface area (Å²) >= 11 is 0. The number of fused-ring (bicyclic) bond motifs is 3.